The molecule has 1 aromatic carbocycles. The summed E-state index contributed by atoms with van der Waals surface area (Å²) >= 11 is 0. The number of hydrogen-bond acceptors (Lipinski definition) is 2. The molecule has 2 rings (SSSR count). The minimum atomic E-state index is -0.0896. The van der Waals surface area contributed by atoms with Gasteiger partial charge in [0.15, 0.2) is 0 Å². The smallest absolute Gasteiger partial charge is 0.106 e. The van der Waals surface area contributed by atoms with Crippen molar-refractivity contribution in [3.05, 3.63) is 35.4 Å². The number of benzene rings is 1. The third-order valence-electron chi connectivity index (χ3n) is 3.08. The molecule has 0 aromatic heterocycles. The van der Waals surface area contributed by atoms with E-state index in [4.69, 9.17) is 4.74 Å². The van der Waals surface area contributed by atoms with Crippen molar-refractivity contribution in [3.63, 3.8) is 0 Å². The van der Waals surface area contributed by atoms with Crippen molar-refractivity contribution < 1.29 is 4.74 Å². The fraction of sp³-hybridized carbons (Fsp3) is 0.500. The summed E-state index contributed by atoms with van der Waals surface area (Å²) in [6.45, 7) is 4.07. The summed E-state index contributed by atoms with van der Waals surface area (Å²) < 4.78 is 5.66. The Morgan fingerprint density at radius 3 is 2.50 bits per heavy atom. The van der Waals surface area contributed by atoms with Crippen LogP contribution in [0.4, 0.5) is 0 Å². The number of aryl methyl sites for hydroxylation is 1. The summed E-state index contributed by atoms with van der Waals surface area (Å²) in [5.74, 6) is 0. The molecule has 14 heavy (non-hydrogen) atoms. The molecule has 1 heterocycles. The first-order valence-electron chi connectivity index (χ1n) is 5.10. The lowest BCUT2D eigenvalue weighted by atomic mass is 9.92. The highest BCUT2D eigenvalue weighted by Crippen LogP contribution is 2.31. The van der Waals surface area contributed by atoms with Crippen molar-refractivity contribution in [2.75, 3.05) is 20.2 Å². The van der Waals surface area contributed by atoms with Crippen LogP contribution in [0.5, 0.6) is 0 Å². The van der Waals surface area contributed by atoms with Crippen LogP contribution in [0, 0.1) is 6.92 Å². The van der Waals surface area contributed by atoms with E-state index in [-0.39, 0.29) is 5.60 Å². The van der Waals surface area contributed by atoms with E-state index in [0.717, 1.165) is 19.5 Å². The molecular weight excluding hydrogens is 174 g/mol. The maximum atomic E-state index is 5.66. The predicted molar refractivity (Wildman–Crippen MR) is 57.4 cm³/mol. The molecule has 1 N–H and O–H groups in total. The molecule has 1 aliphatic heterocycles. The largest absolute Gasteiger partial charge is 0.372 e. The van der Waals surface area contributed by atoms with Gasteiger partial charge in [0.1, 0.15) is 5.60 Å². The van der Waals surface area contributed by atoms with Crippen molar-refractivity contribution in [2.24, 2.45) is 0 Å². The van der Waals surface area contributed by atoms with Crippen LogP contribution in [0.3, 0.4) is 0 Å². The van der Waals surface area contributed by atoms with Gasteiger partial charge in [-0.3, -0.25) is 0 Å². The fourth-order valence-corrected chi connectivity index (χ4v) is 2.06. The minimum Gasteiger partial charge on any atom is -0.372 e. The van der Waals surface area contributed by atoms with Crippen LogP contribution in [-0.2, 0) is 10.3 Å². The van der Waals surface area contributed by atoms with Crippen LogP contribution in [0.25, 0.3) is 0 Å². The van der Waals surface area contributed by atoms with E-state index in [1.54, 1.807) is 7.11 Å². The van der Waals surface area contributed by atoms with Gasteiger partial charge in [0.25, 0.3) is 0 Å². The number of hydrogen-bond donors (Lipinski definition) is 1. The molecule has 76 valence electrons. The molecule has 0 bridgehead atoms. The van der Waals surface area contributed by atoms with Crippen molar-refractivity contribution in [1.29, 1.82) is 0 Å². The third kappa shape index (κ3) is 1.56. The zero-order valence-corrected chi connectivity index (χ0v) is 8.84. The van der Waals surface area contributed by atoms with Crippen molar-refractivity contribution in [1.82, 2.24) is 5.32 Å². The minimum absolute atomic E-state index is 0.0896. The first-order valence-corrected chi connectivity index (χ1v) is 5.10. The molecule has 1 unspecified atom stereocenters. The summed E-state index contributed by atoms with van der Waals surface area (Å²) in [6.07, 6.45) is 1.06. The van der Waals surface area contributed by atoms with Crippen LogP contribution in [0.15, 0.2) is 24.3 Å². The molecule has 1 atom stereocenters. The Balaban J connectivity index is 2.31. The molecule has 0 amide bonds. The lowest BCUT2D eigenvalue weighted by Crippen LogP contribution is -2.30. The Morgan fingerprint density at radius 1 is 1.29 bits per heavy atom. The van der Waals surface area contributed by atoms with Gasteiger partial charge in [-0.15, -0.1) is 0 Å². The zero-order valence-electron chi connectivity index (χ0n) is 8.84. The highest BCUT2D eigenvalue weighted by molar-refractivity contribution is 5.28. The quantitative estimate of drug-likeness (QED) is 0.770. The lowest BCUT2D eigenvalue weighted by Gasteiger charge is -2.27. The average Bonchev–Trinajstić information content (AvgIpc) is 2.68. The molecule has 2 heteroatoms. The Labute approximate surface area is 85.3 Å². The SMILES string of the molecule is COC1(c2ccc(C)cc2)CCNC1. The van der Waals surface area contributed by atoms with Gasteiger partial charge in [-0.25, -0.2) is 0 Å². The van der Waals surface area contributed by atoms with E-state index in [1.807, 2.05) is 0 Å². The lowest BCUT2D eigenvalue weighted by molar-refractivity contribution is 0.00325. The van der Waals surface area contributed by atoms with Crippen molar-refractivity contribution in [3.8, 4) is 0 Å². The summed E-state index contributed by atoms with van der Waals surface area (Å²) in [5, 5.41) is 3.35. The molecule has 0 saturated carbocycles. The van der Waals surface area contributed by atoms with Crippen LogP contribution in [0.2, 0.25) is 0 Å². The maximum absolute atomic E-state index is 5.66. The molecule has 1 saturated heterocycles. The van der Waals surface area contributed by atoms with E-state index in [1.165, 1.54) is 11.1 Å². The third-order valence-corrected chi connectivity index (χ3v) is 3.08. The van der Waals surface area contributed by atoms with Gasteiger partial charge in [0, 0.05) is 13.7 Å². The Hall–Kier alpha value is -0.860. The van der Waals surface area contributed by atoms with Crippen LogP contribution < -0.4 is 5.32 Å². The van der Waals surface area contributed by atoms with E-state index < -0.39 is 0 Å². The molecule has 0 aliphatic carbocycles. The van der Waals surface area contributed by atoms with Gasteiger partial charge in [0.05, 0.1) is 0 Å². The van der Waals surface area contributed by atoms with Crippen molar-refractivity contribution in [2.45, 2.75) is 18.9 Å². The first kappa shape index (κ1) is 9.69. The molecular formula is C12H17NO. The fourth-order valence-electron chi connectivity index (χ4n) is 2.06. The summed E-state index contributed by atoms with van der Waals surface area (Å²) in [4.78, 5) is 0. The number of ether oxygens (including phenoxy) is 1. The van der Waals surface area contributed by atoms with Gasteiger partial charge in [-0.2, -0.15) is 0 Å². The predicted octanol–water partition coefficient (Wildman–Crippen LogP) is 1.83. The van der Waals surface area contributed by atoms with Gasteiger partial charge in [0.2, 0.25) is 0 Å². The highest BCUT2D eigenvalue weighted by Gasteiger charge is 2.35. The van der Waals surface area contributed by atoms with Crippen LogP contribution >= 0.6 is 0 Å². The molecule has 1 aromatic rings. The van der Waals surface area contributed by atoms with E-state index in [2.05, 4.69) is 36.5 Å². The number of rotatable bonds is 2. The van der Waals surface area contributed by atoms with Gasteiger partial charge in [-0.1, -0.05) is 29.8 Å². The van der Waals surface area contributed by atoms with Crippen molar-refractivity contribution >= 4 is 0 Å². The zero-order chi connectivity index (χ0) is 10.0. The van der Waals surface area contributed by atoms with Gasteiger partial charge >= 0.3 is 0 Å². The van der Waals surface area contributed by atoms with E-state index >= 15 is 0 Å². The van der Waals surface area contributed by atoms with Gasteiger partial charge in [-0.05, 0) is 25.5 Å². The topological polar surface area (TPSA) is 21.3 Å². The van der Waals surface area contributed by atoms with Crippen LogP contribution in [-0.4, -0.2) is 20.2 Å². The number of methoxy groups -OCH3 is 1. The average molecular weight is 191 g/mol. The Bertz CT molecular complexity index is 299. The summed E-state index contributed by atoms with van der Waals surface area (Å²) in [5.41, 5.74) is 2.50. The molecule has 0 spiro atoms. The summed E-state index contributed by atoms with van der Waals surface area (Å²) in [6, 6.07) is 8.64. The van der Waals surface area contributed by atoms with E-state index in [9.17, 15) is 0 Å². The number of nitrogens with one attached hydrogen (secondary N) is 1. The summed E-state index contributed by atoms with van der Waals surface area (Å²) in [7, 11) is 1.80. The first-order chi connectivity index (χ1) is 6.77. The monoisotopic (exact) mass is 191 g/mol. The highest BCUT2D eigenvalue weighted by atomic mass is 16.5. The normalized spacial score (nSPS) is 26.7. The second-order valence-corrected chi connectivity index (χ2v) is 3.99. The van der Waals surface area contributed by atoms with E-state index in [0.29, 0.717) is 0 Å². The Kier molecular flexibility index (Phi) is 2.57. The second kappa shape index (κ2) is 3.71. The van der Waals surface area contributed by atoms with Crippen LogP contribution in [0.1, 0.15) is 17.5 Å². The second-order valence-electron chi connectivity index (χ2n) is 3.99. The maximum Gasteiger partial charge on any atom is 0.106 e. The molecule has 1 fully saturated rings. The standard InChI is InChI=1S/C12H17NO/c1-10-3-5-11(6-4-10)12(14-2)7-8-13-9-12/h3-6,13H,7-9H2,1-2H3. The molecule has 0 radical (unpaired) electrons. The van der Waals surface area contributed by atoms with Gasteiger partial charge < -0.3 is 10.1 Å². The Morgan fingerprint density at radius 2 is 2.00 bits per heavy atom. The molecule has 2 nitrogen and oxygen atoms in total. The molecule has 1 aliphatic rings.